The fourth-order valence-corrected chi connectivity index (χ4v) is 5.09. The van der Waals surface area contributed by atoms with Gasteiger partial charge in [-0.2, -0.15) is 4.31 Å². The number of aromatic nitrogens is 1. The fourth-order valence-electron chi connectivity index (χ4n) is 3.67. The zero-order valence-corrected chi connectivity index (χ0v) is 17.8. The van der Waals surface area contributed by atoms with Gasteiger partial charge in [0.15, 0.2) is 0 Å². The van der Waals surface area contributed by atoms with Crippen LogP contribution >= 0.6 is 0 Å². The second kappa shape index (κ2) is 8.29. The minimum atomic E-state index is -3.61. The fraction of sp³-hybridized carbons (Fsp3) is 0.318. The first-order valence-electron chi connectivity index (χ1n) is 9.83. The lowest BCUT2D eigenvalue weighted by molar-refractivity contribution is 0.180. The molecule has 0 bridgehead atoms. The molecule has 1 aliphatic heterocycles. The molecule has 0 N–H and O–H groups in total. The van der Waals surface area contributed by atoms with Crippen molar-refractivity contribution in [1.82, 2.24) is 14.2 Å². The van der Waals surface area contributed by atoms with Crippen molar-refractivity contribution in [2.45, 2.75) is 25.3 Å². The molecular weight excluding hydrogens is 405 g/mol. The Balaban J connectivity index is 1.38. The van der Waals surface area contributed by atoms with Gasteiger partial charge in [0, 0.05) is 38.3 Å². The molecule has 1 aromatic heterocycles. The number of benzene rings is 2. The van der Waals surface area contributed by atoms with E-state index in [2.05, 4.69) is 16.0 Å². The van der Waals surface area contributed by atoms with Gasteiger partial charge >= 0.3 is 0 Å². The standard InChI is InChI=1S/C22H24FN3O3S/c1-16-3-8-21(17(2)13-16)22-24-19(15-29-22)14-25-9-11-26(12-10-25)30(27,28)20-6-4-18(23)5-7-20/h3-8,13,15H,9-12,14H2,1-2H3. The van der Waals surface area contributed by atoms with Crippen LogP contribution in [-0.4, -0.2) is 48.8 Å². The van der Waals surface area contributed by atoms with Gasteiger partial charge in [0.2, 0.25) is 15.9 Å². The lowest BCUT2D eigenvalue weighted by atomic mass is 10.1. The first-order chi connectivity index (χ1) is 14.3. The SMILES string of the molecule is Cc1ccc(-c2nc(CN3CCN(S(=O)(=O)c4ccc(F)cc4)CC3)co2)c(C)c1. The number of oxazole rings is 1. The lowest BCUT2D eigenvalue weighted by Gasteiger charge is -2.33. The summed E-state index contributed by atoms with van der Waals surface area (Å²) in [7, 11) is -3.61. The molecule has 0 amide bonds. The molecule has 30 heavy (non-hydrogen) atoms. The summed E-state index contributed by atoms with van der Waals surface area (Å²) in [5.41, 5.74) is 4.10. The van der Waals surface area contributed by atoms with Crippen molar-refractivity contribution in [3.05, 3.63) is 71.4 Å². The molecule has 0 aliphatic carbocycles. The maximum atomic E-state index is 13.1. The second-order valence-corrected chi connectivity index (χ2v) is 9.53. The van der Waals surface area contributed by atoms with E-state index in [1.54, 1.807) is 6.26 Å². The maximum Gasteiger partial charge on any atom is 0.243 e. The highest BCUT2D eigenvalue weighted by molar-refractivity contribution is 7.89. The second-order valence-electron chi connectivity index (χ2n) is 7.60. The van der Waals surface area contributed by atoms with E-state index in [4.69, 9.17) is 4.42 Å². The number of nitrogens with zero attached hydrogens (tertiary/aromatic N) is 3. The van der Waals surface area contributed by atoms with Crippen LogP contribution < -0.4 is 0 Å². The van der Waals surface area contributed by atoms with Gasteiger partial charge in [-0.25, -0.2) is 17.8 Å². The molecule has 0 radical (unpaired) electrons. The number of hydrogen-bond donors (Lipinski definition) is 0. The van der Waals surface area contributed by atoms with Gasteiger partial charge in [-0.1, -0.05) is 17.7 Å². The van der Waals surface area contributed by atoms with Crippen molar-refractivity contribution in [2.75, 3.05) is 26.2 Å². The quantitative estimate of drug-likeness (QED) is 0.620. The molecule has 2 aromatic carbocycles. The Bertz CT molecular complexity index is 1130. The zero-order valence-electron chi connectivity index (χ0n) is 17.0. The Morgan fingerprint density at radius 3 is 2.40 bits per heavy atom. The number of sulfonamides is 1. The Morgan fingerprint density at radius 2 is 1.73 bits per heavy atom. The summed E-state index contributed by atoms with van der Waals surface area (Å²) in [5, 5.41) is 0. The molecule has 0 unspecified atom stereocenters. The molecule has 158 valence electrons. The highest BCUT2D eigenvalue weighted by Gasteiger charge is 2.28. The number of piperazine rings is 1. The number of halogens is 1. The molecule has 1 fully saturated rings. The van der Waals surface area contributed by atoms with Crippen LogP contribution in [0.25, 0.3) is 11.5 Å². The molecular formula is C22H24FN3O3S. The van der Waals surface area contributed by atoms with E-state index in [9.17, 15) is 12.8 Å². The van der Waals surface area contributed by atoms with Crippen LogP contribution in [0.5, 0.6) is 0 Å². The molecule has 0 spiro atoms. The average molecular weight is 430 g/mol. The van der Waals surface area contributed by atoms with E-state index in [1.807, 2.05) is 26.0 Å². The van der Waals surface area contributed by atoms with Crippen molar-refractivity contribution >= 4 is 10.0 Å². The third-order valence-electron chi connectivity index (χ3n) is 5.33. The number of rotatable bonds is 5. The number of hydrogen-bond acceptors (Lipinski definition) is 5. The van der Waals surface area contributed by atoms with Gasteiger partial charge in [-0.15, -0.1) is 0 Å². The summed E-state index contributed by atoms with van der Waals surface area (Å²) < 4.78 is 45.7. The lowest BCUT2D eigenvalue weighted by Crippen LogP contribution is -2.48. The molecule has 6 nitrogen and oxygen atoms in total. The Morgan fingerprint density at radius 1 is 1.03 bits per heavy atom. The summed E-state index contributed by atoms with van der Waals surface area (Å²) >= 11 is 0. The monoisotopic (exact) mass is 429 g/mol. The van der Waals surface area contributed by atoms with Crippen molar-refractivity contribution in [3.63, 3.8) is 0 Å². The average Bonchev–Trinajstić information content (AvgIpc) is 3.17. The van der Waals surface area contributed by atoms with E-state index >= 15 is 0 Å². The predicted octanol–water partition coefficient (Wildman–Crippen LogP) is 3.60. The van der Waals surface area contributed by atoms with Crippen LogP contribution in [0.4, 0.5) is 4.39 Å². The molecule has 2 heterocycles. The van der Waals surface area contributed by atoms with E-state index in [-0.39, 0.29) is 4.90 Å². The highest BCUT2D eigenvalue weighted by Crippen LogP contribution is 2.24. The van der Waals surface area contributed by atoms with Crippen molar-refractivity contribution in [1.29, 1.82) is 0 Å². The smallest absolute Gasteiger partial charge is 0.243 e. The summed E-state index contributed by atoms with van der Waals surface area (Å²) in [6.45, 7) is 6.61. The van der Waals surface area contributed by atoms with E-state index in [0.717, 1.165) is 16.8 Å². The topological polar surface area (TPSA) is 66.7 Å². The van der Waals surface area contributed by atoms with Gasteiger partial charge in [-0.3, -0.25) is 4.90 Å². The van der Waals surface area contributed by atoms with E-state index < -0.39 is 15.8 Å². The van der Waals surface area contributed by atoms with Gasteiger partial charge < -0.3 is 4.42 Å². The van der Waals surface area contributed by atoms with Crippen LogP contribution in [0, 0.1) is 19.7 Å². The van der Waals surface area contributed by atoms with Crippen molar-refractivity contribution < 1.29 is 17.2 Å². The van der Waals surface area contributed by atoms with Crippen LogP contribution in [0.1, 0.15) is 16.8 Å². The molecule has 0 atom stereocenters. The van der Waals surface area contributed by atoms with Crippen molar-refractivity contribution in [2.24, 2.45) is 0 Å². The summed E-state index contributed by atoms with van der Waals surface area (Å²) in [4.78, 5) is 6.88. The third-order valence-corrected chi connectivity index (χ3v) is 7.25. The summed E-state index contributed by atoms with van der Waals surface area (Å²) in [6, 6.07) is 11.1. The van der Waals surface area contributed by atoms with Crippen LogP contribution in [0.15, 0.2) is 58.0 Å². The zero-order chi connectivity index (χ0) is 21.3. The first kappa shape index (κ1) is 20.7. The van der Waals surface area contributed by atoms with Gasteiger partial charge in [-0.05, 0) is 49.7 Å². The van der Waals surface area contributed by atoms with Crippen LogP contribution in [0.3, 0.4) is 0 Å². The van der Waals surface area contributed by atoms with Gasteiger partial charge in [0.25, 0.3) is 0 Å². The maximum absolute atomic E-state index is 13.1. The summed E-state index contributed by atoms with van der Waals surface area (Å²) in [5.74, 6) is 0.145. The highest BCUT2D eigenvalue weighted by atomic mass is 32.2. The molecule has 1 saturated heterocycles. The third kappa shape index (κ3) is 4.30. The molecule has 1 aliphatic rings. The minimum Gasteiger partial charge on any atom is -0.444 e. The minimum absolute atomic E-state index is 0.118. The van der Waals surface area contributed by atoms with Gasteiger partial charge in [0.1, 0.15) is 12.1 Å². The van der Waals surface area contributed by atoms with E-state index in [0.29, 0.717) is 38.6 Å². The van der Waals surface area contributed by atoms with Crippen LogP contribution in [-0.2, 0) is 16.6 Å². The summed E-state index contributed by atoms with van der Waals surface area (Å²) in [6.07, 6.45) is 1.66. The number of aryl methyl sites for hydroxylation is 2. The van der Waals surface area contributed by atoms with Crippen LogP contribution in [0.2, 0.25) is 0 Å². The predicted molar refractivity (Wildman–Crippen MR) is 112 cm³/mol. The Kier molecular flexibility index (Phi) is 5.73. The Hall–Kier alpha value is -2.55. The Labute approximate surface area is 176 Å². The van der Waals surface area contributed by atoms with Crippen molar-refractivity contribution in [3.8, 4) is 11.5 Å². The van der Waals surface area contributed by atoms with E-state index in [1.165, 1.54) is 34.1 Å². The molecule has 0 saturated carbocycles. The molecule has 8 heteroatoms. The normalized spacial score (nSPS) is 16.1. The largest absolute Gasteiger partial charge is 0.444 e. The first-order valence-corrected chi connectivity index (χ1v) is 11.3. The van der Waals surface area contributed by atoms with Gasteiger partial charge in [0.05, 0.1) is 10.6 Å². The molecule has 3 aromatic rings. The molecule has 4 rings (SSSR count).